The van der Waals surface area contributed by atoms with Crippen LogP contribution >= 0.6 is 0 Å². The van der Waals surface area contributed by atoms with Gasteiger partial charge < -0.3 is 9.47 Å². The molecule has 0 amide bonds. The van der Waals surface area contributed by atoms with Crippen LogP contribution in [0.2, 0.25) is 0 Å². The van der Waals surface area contributed by atoms with Gasteiger partial charge >= 0.3 is 11.9 Å². The number of rotatable bonds is 2. The lowest BCUT2D eigenvalue weighted by Crippen LogP contribution is -2.20. The van der Waals surface area contributed by atoms with Crippen LogP contribution in [-0.2, 0) is 19.1 Å². The predicted molar refractivity (Wildman–Crippen MR) is 51.6 cm³/mol. The van der Waals surface area contributed by atoms with Gasteiger partial charge in [-0.25, -0.2) is 9.59 Å². The average Bonchev–Trinajstić information content (AvgIpc) is 2.10. The van der Waals surface area contributed by atoms with E-state index in [0.29, 0.717) is 5.57 Å². The molecule has 0 N–H and O–H groups in total. The van der Waals surface area contributed by atoms with E-state index in [1.807, 2.05) is 20.8 Å². The zero-order chi connectivity index (χ0) is 11.4. The van der Waals surface area contributed by atoms with Crippen molar-refractivity contribution in [3.63, 3.8) is 0 Å². The fourth-order valence-corrected chi connectivity index (χ4v) is 0.868. The molecule has 0 radical (unpaired) electrons. The molecule has 4 nitrogen and oxygen atoms in total. The third-order valence-electron chi connectivity index (χ3n) is 1.68. The molecule has 80 valence electrons. The Morgan fingerprint density at radius 2 is 1.57 bits per heavy atom. The third kappa shape index (κ3) is 3.60. The maximum atomic E-state index is 11.3. The summed E-state index contributed by atoms with van der Waals surface area (Å²) in [5.41, 5.74) is -0.145. The van der Waals surface area contributed by atoms with Crippen LogP contribution in [0.3, 0.4) is 0 Å². The summed E-state index contributed by atoms with van der Waals surface area (Å²) in [6, 6.07) is 0. The van der Waals surface area contributed by atoms with Crippen molar-refractivity contribution in [1.29, 1.82) is 0 Å². The Morgan fingerprint density at radius 3 is 1.86 bits per heavy atom. The first-order valence-electron chi connectivity index (χ1n) is 4.21. The number of methoxy groups -OCH3 is 2. The largest absolute Gasteiger partial charge is 0.466 e. The van der Waals surface area contributed by atoms with E-state index >= 15 is 0 Å². The normalized spacial score (nSPS) is 12.2. The van der Waals surface area contributed by atoms with Crippen LogP contribution in [0.4, 0.5) is 0 Å². The summed E-state index contributed by atoms with van der Waals surface area (Å²) >= 11 is 0. The molecule has 0 rings (SSSR count). The van der Waals surface area contributed by atoms with Gasteiger partial charge in [0.25, 0.3) is 0 Å². The monoisotopic (exact) mass is 200 g/mol. The second-order valence-corrected chi connectivity index (χ2v) is 3.82. The lowest BCUT2D eigenvalue weighted by Gasteiger charge is -2.20. The summed E-state index contributed by atoms with van der Waals surface area (Å²) < 4.78 is 9.02. The van der Waals surface area contributed by atoms with Crippen molar-refractivity contribution >= 4 is 11.9 Å². The molecule has 0 aliphatic carbocycles. The summed E-state index contributed by atoms with van der Waals surface area (Å²) in [6.07, 6.45) is 1.16. The number of hydrogen-bond acceptors (Lipinski definition) is 4. The number of hydrogen-bond donors (Lipinski definition) is 0. The number of carbonyl (C=O) groups excluding carboxylic acids is 2. The van der Waals surface area contributed by atoms with Gasteiger partial charge in [-0.3, -0.25) is 0 Å². The molecule has 0 aromatic heterocycles. The minimum Gasteiger partial charge on any atom is -0.466 e. The quantitative estimate of drug-likeness (QED) is 0.498. The van der Waals surface area contributed by atoms with E-state index in [4.69, 9.17) is 0 Å². The summed E-state index contributed by atoms with van der Waals surface area (Å²) in [4.78, 5) is 22.3. The summed E-state index contributed by atoms with van der Waals surface area (Å²) in [5.74, 6) is -1.07. The Balaban J connectivity index is 5.02. The molecule has 0 aliphatic rings. The molecule has 14 heavy (non-hydrogen) atoms. The Morgan fingerprint density at radius 1 is 1.07 bits per heavy atom. The van der Waals surface area contributed by atoms with Gasteiger partial charge in [-0.2, -0.15) is 0 Å². The lowest BCUT2D eigenvalue weighted by atomic mass is 9.86. The first kappa shape index (κ1) is 12.7. The van der Waals surface area contributed by atoms with Crippen LogP contribution in [0.25, 0.3) is 0 Å². The van der Waals surface area contributed by atoms with Crippen LogP contribution < -0.4 is 0 Å². The van der Waals surface area contributed by atoms with Crippen molar-refractivity contribution in [2.75, 3.05) is 14.2 Å². The van der Waals surface area contributed by atoms with E-state index in [-0.39, 0.29) is 0 Å². The van der Waals surface area contributed by atoms with E-state index in [9.17, 15) is 9.59 Å². The van der Waals surface area contributed by atoms with Crippen molar-refractivity contribution in [3.8, 4) is 0 Å². The van der Waals surface area contributed by atoms with Gasteiger partial charge in [0.1, 0.15) is 0 Å². The van der Waals surface area contributed by atoms with Gasteiger partial charge in [0.15, 0.2) is 0 Å². The second kappa shape index (κ2) is 4.79. The van der Waals surface area contributed by atoms with E-state index in [2.05, 4.69) is 9.47 Å². The Labute approximate surface area is 83.9 Å². The second-order valence-electron chi connectivity index (χ2n) is 3.82. The van der Waals surface area contributed by atoms with Gasteiger partial charge in [0.2, 0.25) is 0 Å². The molecule has 0 aliphatic heterocycles. The molecule has 0 aromatic rings. The molecule has 0 saturated heterocycles. The smallest absolute Gasteiger partial charge is 0.334 e. The first-order chi connectivity index (χ1) is 6.32. The highest BCUT2D eigenvalue weighted by Gasteiger charge is 2.25. The Hall–Kier alpha value is -1.32. The van der Waals surface area contributed by atoms with E-state index in [1.54, 1.807) is 0 Å². The molecular weight excluding hydrogens is 184 g/mol. The third-order valence-corrected chi connectivity index (χ3v) is 1.68. The number of carbonyl (C=O) groups is 2. The fraction of sp³-hybridized carbons (Fsp3) is 0.600. The minimum absolute atomic E-state index is 0.298. The average molecular weight is 200 g/mol. The highest BCUT2D eigenvalue weighted by atomic mass is 16.5. The first-order valence-corrected chi connectivity index (χ1v) is 4.21. The number of esters is 2. The van der Waals surface area contributed by atoms with Crippen molar-refractivity contribution in [3.05, 3.63) is 11.6 Å². The van der Waals surface area contributed by atoms with Gasteiger partial charge in [-0.05, 0) is 5.41 Å². The molecule has 0 bridgehead atoms. The molecule has 0 unspecified atom stereocenters. The number of ether oxygens (including phenoxy) is 2. The van der Waals surface area contributed by atoms with Crippen molar-refractivity contribution in [2.24, 2.45) is 5.41 Å². The molecule has 0 spiro atoms. The van der Waals surface area contributed by atoms with Crippen molar-refractivity contribution < 1.29 is 19.1 Å². The minimum atomic E-state index is -0.555. The van der Waals surface area contributed by atoms with Crippen LogP contribution in [0.1, 0.15) is 20.8 Å². The predicted octanol–water partition coefficient (Wildman–Crippen LogP) is 1.30. The van der Waals surface area contributed by atoms with Gasteiger partial charge in [0.05, 0.1) is 14.2 Å². The van der Waals surface area contributed by atoms with E-state index in [1.165, 1.54) is 14.2 Å². The van der Waals surface area contributed by atoms with Crippen molar-refractivity contribution in [2.45, 2.75) is 20.8 Å². The maximum Gasteiger partial charge on any atom is 0.334 e. The lowest BCUT2D eigenvalue weighted by molar-refractivity contribution is -0.139. The summed E-state index contributed by atoms with van der Waals surface area (Å²) in [5, 5.41) is 0. The summed E-state index contributed by atoms with van der Waals surface area (Å²) in [7, 11) is 2.54. The van der Waals surface area contributed by atoms with Crippen LogP contribution in [-0.4, -0.2) is 26.2 Å². The molecule has 0 aromatic carbocycles. The highest BCUT2D eigenvalue weighted by molar-refractivity contribution is 5.97. The summed E-state index contributed by atoms with van der Waals surface area (Å²) in [6.45, 7) is 5.45. The SMILES string of the molecule is COC(=O)/C=C(/C(=O)OC)C(C)(C)C. The molecule has 0 heterocycles. The zero-order valence-corrected chi connectivity index (χ0v) is 9.21. The Bertz CT molecular complexity index is 258. The van der Waals surface area contributed by atoms with Crippen LogP contribution in [0.5, 0.6) is 0 Å². The topological polar surface area (TPSA) is 52.6 Å². The molecule has 0 saturated carbocycles. The highest BCUT2D eigenvalue weighted by Crippen LogP contribution is 2.26. The molecule has 0 fully saturated rings. The maximum absolute atomic E-state index is 11.3. The van der Waals surface area contributed by atoms with Gasteiger partial charge in [-0.15, -0.1) is 0 Å². The fourth-order valence-electron chi connectivity index (χ4n) is 0.868. The van der Waals surface area contributed by atoms with Crippen LogP contribution in [0.15, 0.2) is 11.6 Å². The zero-order valence-electron chi connectivity index (χ0n) is 9.21. The molecule has 0 atom stereocenters. The Kier molecular flexibility index (Phi) is 4.34. The van der Waals surface area contributed by atoms with E-state index in [0.717, 1.165) is 6.08 Å². The van der Waals surface area contributed by atoms with Crippen molar-refractivity contribution in [1.82, 2.24) is 0 Å². The van der Waals surface area contributed by atoms with Gasteiger partial charge in [-0.1, -0.05) is 20.8 Å². The van der Waals surface area contributed by atoms with E-state index < -0.39 is 17.4 Å². The molecule has 4 heteroatoms. The van der Waals surface area contributed by atoms with Crippen LogP contribution in [0, 0.1) is 5.41 Å². The standard InChI is InChI=1S/C10H16O4/c1-10(2,3)7(9(12)14-5)6-8(11)13-4/h6H,1-5H3/b7-6-. The molecular formula is C10H16O4. The van der Waals surface area contributed by atoms with Gasteiger partial charge in [0, 0.05) is 11.6 Å².